The Morgan fingerprint density at radius 3 is 2.53 bits per heavy atom. The Morgan fingerprint density at radius 2 is 2.07 bits per heavy atom. The van der Waals surface area contributed by atoms with Crippen molar-refractivity contribution in [3.05, 3.63) is 21.9 Å². The molecule has 0 spiro atoms. The van der Waals surface area contributed by atoms with Crippen molar-refractivity contribution < 1.29 is 0 Å². The van der Waals surface area contributed by atoms with Gasteiger partial charge in [0.15, 0.2) is 0 Å². The fourth-order valence-electron chi connectivity index (χ4n) is 2.28. The van der Waals surface area contributed by atoms with Crippen LogP contribution in [0.25, 0.3) is 0 Å². The second-order valence-electron chi connectivity index (χ2n) is 4.77. The molecule has 1 saturated carbocycles. The van der Waals surface area contributed by atoms with Gasteiger partial charge >= 0.3 is 0 Å². The normalized spacial score (nSPS) is 20.2. The van der Waals surface area contributed by atoms with Crippen molar-refractivity contribution in [1.82, 2.24) is 5.32 Å². The van der Waals surface area contributed by atoms with E-state index in [1.807, 2.05) is 11.3 Å². The second kappa shape index (κ2) is 4.26. The van der Waals surface area contributed by atoms with Crippen molar-refractivity contribution in [2.75, 3.05) is 7.05 Å². The molecule has 1 heterocycles. The molecule has 0 bridgehead atoms. The monoisotopic (exact) mass is 223 g/mol. The molecule has 1 aliphatic rings. The van der Waals surface area contributed by atoms with E-state index in [4.69, 9.17) is 0 Å². The van der Waals surface area contributed by atoms with E-state index in [2.05, 4.69) is 38.3 Å². The van der Waals surface area contributed by atoms with E-state index in [1.54, 1.807) is 4.88 Å². The average Bonchev–Trinajstić information content (AvgIpc) is 2.89. The zero-order valence-electron chi connectivity index (χ0n) is 9.97. The summed E-state index contributed by atoms with van der Waals surface area (Å²) < 4.78 is 0. The molecule has 1 unspecified atom stereocenters. The van der Waals surface area contributed by atoms with Gasteiger partial charge in [-0.15, -0.1) is 11.3 Å². The Labute approximate surface area is 96.9 Å². The standard InChI is InChI=1S/C13H21NS/c1-4-11-5-6-12(15-11)9-13(7-8-13)10(2)14-3/h5-6,10,14H,4,7-9H2,1-3H3. The van der Waals surface area contributed by atoms with Crippen molar-refractivity contribution in [1.29, 1.82) is 0 Å². The summed E-state index contributed by atoms with van der Waals surface area (Å²) in [6.45, 7) is 4.56. The maximum Gasteiger partial charge on any atom is 0.00956 e. The van der Waals surface area contributed by atoms with Crippen LogP contribution in [0.1, 0.15) is 36.4 Å². The summed E-state index contributed by atoms with van der Waals surface area (Å²) in [5.74, 6) is 0. The van der Waals surface area contributed by atoms with Gasteiger partial charge in [0.2, 0.25) is 0 Å². The largest absolute Gasteiger partial charge is 0.317 e. The first kappa shape index (κ1) is 11.2. The molecule has 0 aliphatic heterocycles. The molecule has 1 aromatic heterocycles. The van der Waals surface area contributed by atoms with Crippen molar-refractivity contribution in [2.24, 2.45) is 5.41 Å². The van der Waals surface area contributed by atoms with Gasteiger partial charge in [0.1, 0.15) is 0 Å². The minimum Gasteiger partial charge on any atom is -0.317 e. The number of nitrogens with one attached hydrogen (secondary N) is 1. The van der Waals surface area contributed by atoms with Gasteiger partial charge < -0.3 is 5.32 Å². The molecule has 84 valence electrons. The Hall–Kier alpha value is -0.340. The summed E-state index contributed by atoms with van der Waals surface area (Å²) in [5, 5.41) is 3.41. The Balaban J connectivity index is 2.02. The van der Waals surface area contributed by atoms with Crippen LogP contribution in [0.15, 0.2) is 12.1 Å². The van der Waals surface area contributed by atoms with Crippen molar-refractivity contribution in [3.63, 3.8) is 0 Å². The highest BCUT2D eigenvalue weighted by Crippen LogP contribution is 2.51. The molecule has 2 heteroatoms. The van der Waals surface area contributed by atoms with Crippen LogP contribution in [0, 0.1) is 5.41 Å². The summed E-state index contributed by atoms with van der Waals surface area (Å²) in [6, 6.07) is 5.27. The highest BCUT2D eigenvalue weighted by molar-refractivity contribution is 7.11. The zero-order chi connectivity index (χ0) is 10.9. The summed E-state index contributed by atoms with van der Waals surface area (Å²) >= 11 is 2.00. The lowest BCUT2D eigenvalue weighted by molar-refractivity contribution is 0.372. The van der Waals surface area contributed by atoms with Crippen LogP contribution in [0.4, 0.5) is 0 Å². The number of thiophene rings is 1. The van der Waals surface area contributed by atoms with Crippen LogP contribution >= 0.6 is 11.3 Å². The van der Waals surface area contributed by atoms with Gasteiger partial charge in [-0.2, -0.15) is 0 Å². The van der Waals surface area contributed by atoms with E-state index in [0.717, 1.165) is 0 Å². The molecule has 1 aromatic rings. The number of rotatable bonds is 5. The smallest absolute Gasteiger partial charge is 0.00956 e. The first-order valence-corrected chi connectivity index (χ1v) is 6.77. The predicted molar refractivity (Wildman–Crippen MR) is 67.6 cm³/mol. The molecule has 1 fully saturated rings. The molecule has 1 nitrogen and oxygen atoms in total. The summed E-state index contributed by atoms with van der Waals surface area (Å²) in [4.78, 5) is 3.10. The molecular formula is C13H21NS. The van der Waals surface area contributed by atoms with Crippen LogP contribution in [-0.2, 0) is 12.8 Å². The van der Waals surface area contributed by atoms with E-state index in [-0.39, 0.29) is 0 Å². The highest BCUT2D eigenvalue weighted by atomic mass is 32.1. The maximum atomic E-state index is 3.41. The highest BCUT2D eigenvalue weighted by Gasteiger charge is 2.46. The molecule has 0 radical (unpaired) electrons. The lowest BCUT2D eigenvalue weighted by Gasteiger charge is -2.22. The van der Waals surface area contributed by atoms with E-state index in [1.165, 1.54) is 30.6 Å². The Morgan fingerprint density at radius 1 is 1.40 bits per heavy atom. The van der Waals surface area contributed by atoms with Gasteiger partial charge in [0.05, 0.1) is 0 Å². The zero-order valence-corrected chi connectivity index (χ0v) is 10.8. The molecule has 2 rings (SSSR count). The van der Waals surface area contributed by atoms with Crippen LogP contribution < -0.4 is 5.32 Å². The first-order chi connectivity index (χ1) is 7.20. The SMILES string of the molecule is CCc1ccc(CC2(C(C)NC)CC2)s1. The Bertz CT molecular complexity index is 325. The fraction of sp³-hybridized carbons (Fsp3) is 0.692. The van der Waals surface area contributed by atoms with Crippen LogP contribution in [-0.4, -0.2) is 13.1 Å². The molecule has 1 atom stereocenters. The van der Waals surface area contributed by atoms with Gasteiger partial charge in [-0.05, 0) is 57.2 Å². The topological polar surface area (TPSA) is 12.0 Å². The summed E-state index contributed by atoms with van der Waals surface area (Å²) in [7, 11) is 2.08. The minimum atomic E-state index is 0.574. The van der Waals surface area contributed by atoms with Gasteiger partial charge in [0.25, 0.3) is 0 Å². The van der Waals surface area contributed by atoms with Crippen LogP contribution in [0.5, 0.6) is 0 Å². The molecule has 0 aromatic carbocycles. The Kier molecular flexibility index (Phi) is 3.17. The van der Waals surface area contributed by atoms with E-state index < -0.39 is 0 Å². The molecule has 1 N–H and O–H groups in total. The van der Waals surface area contributed by atoms with Crippen molar-refractivity contribution in [2.45, 2.75) is 45.6 Å². The maximum absolute atomic E-state index is 3.41. The molecule has 0 amide bonds. The fourth-order valence-corrected chi connectivity index (χ4v) is 3.40. The van der Waals surface area contributed by atoms with E-state index in [9.17, 15) is 0 Å². The summed E-state index contributed by atoms with van der Waals surface area (Å²) in [6.07, 6.45) is 5.25. The van der Waals surface area contributed by atoms with Crippen LogP contribution in [0.3, 0.4) is 0 Å². The lowest BCUT2D eigenvalue weighted by atomic mass is 9.93. The van der Waals surface area contributed by atoms with Crippen molar-refractivity contribution >= 4 is 11.3 Å². The summed E-state index contributed by atoms with van der Waals surface area (Å²) in [5.41, 5.74) is 0.574. The quantitative estimate of drug-likeness (QED) is 0.808. The van der Waals surface area contributed by atoms with Gasteiger partial charge in [-0.3, -0.25) is 0 Å². The third-order valence-corrected chi connectivity index (χ3v) is 5.07. The molecule has 0 saturated heterocycles. The van der Waals surface area contributed by atoms with E-state index >= 15 is 0 Å². The van der Waals surface area contributed by atoms with Crippen molar-refractivity contribution in [3.8, 4) is 0 Å². The van der Waals surface area contributed by atoms with E-state index in [0.29, 0.717) is 11.5 Å². The van der Waals surface area contributed by atoms with Crippen LogP contribution in [0.2, 0.25) is 0 Å². The minimum absolute atomic E-state index is 0.574. The molecular weight excluding hydrogens is 202 g/mol. The first-order valence-electron chi connectivity index (χ1n) is 5.95. The molecule has 15 heavy (non-hydrogen) atoms. The second-order valence-corrected chi connectivity index (χ2v) is 6.02. The predicted octanol–water partition coefficient (Wildman–Crippen LogP) is 3.24. The number of hydrogen-bond donors (Lipinski definition) is 1. The average molecular weight is 223 g/mol. The van der Waals surface area contributed by atoms with Gasteiger partial charge in [0, 0.05) is 15.8 Å². The third kappa shape index (κ3) is 2.26. The molecule has 1 aliphatic carbocycles. The number of hydrogen-bond acceptors (Lipinski definition) is 2. The third-order valence-electron chi connectivity index (χ3n) is 3.84. The number of aryl methyl sites for hydroxylation is 1. The lowest BCUT2D eigenvalue weighted by Crippen LogP contribution is -2.33. The van der Waals surface area contributed by atoms with Gasteiger partial charge in [-0.1, -0.05) is 6.92 Å². The van der Waals surface area contributed by atoms with Gasteiger partial charge in [-0.25, -0.2) is 0 Å².